The van der Waals surface area contributed by atoms with Gasteiger partial charge in [-0.25, -0.2) is 0 Å². The molecule has 6 heteroatoms. The van der Waals surface area contributed by atoms with Crippen LogP contribution in [0.4, 0.5) is 24.5 Å². The molecule has 0 radical (unpaired) electrons. The summed E-state index contributed by atoms with van der Waals surface area (Å²) < 4.78 is 40.2. The third kappa shape index (κ3) is 2.38. The Morgan fingerprint density at radius 2 is 1.77 bits per heavy atom. The molecular formula is C16H13F3N2S. The summed E-state index contributed by atoms with van der Waals surface area (Å²) in [6.07, 6.45) is -3.76. The summed E-state index contributed by atoms with van der Waals surface area (Å²) in [5.41, 5.74) is 6.08. The van der Waals surface area contributed by atoms with Gasteiger partial charge in [-0.05, 0) is 24.3 Å². The highest BCUT2D eigenvalue weighted by molar-refractivity contribution is 7.99. The average Bonchev–Trinajstić information content (AvgIpc) is 2.50. The smallest absolute Gasteiger partial charge is 0.319 e. The van der Waals surface area contributed by atoms with Gasteiger partial charge in [0.25, 0.3) is 0 Å². The number of anilines is 2. The molecule has 1 heterocycles. The van der Waals surface area contributed by atoms with Gasteiger partial charge in [-0.2, -0.15) is 13.2 Å². The summed E-state index contributed by atoms with van der Waals surface area (Å²) in [5, 5.41) is 0. The van der Waals surface area contributed by atoms with E-state index in [4.69, 9.17) is 5.73 Å². The summed E-state index contributed by atoms with van der Waals surface area (Å²) in [6.45, 7) is 3.62. The number of halogens is 3. The van der Waals surface area contributed by atoms with Crippen molar-refractivity contribution in [1.29, 1.82) is 0 Å². The van der Waals surface area contributed by atoms with Crippen LogP contribution in [0.1, 0.15) is 5.56 Å². The van der Waals surface area contributed by atoms with Gasteiger partial charge in [0.15, 0.2) is 0 Å². The maximum Gasteiger partial charge on any atom is 0.418 e. The minimum absolute atomic E-state index is 0.0890. The second kappa shape index (κ2) is 5.37. The van der Waals surface area contributed by atoms with Gasteiger partial charge in [0, 0.05) is 9.79 Å². The van der Waals surface area contributed by atoms with Crippen molar-refractivity contribution in [3.63, 3.8) is 0 Å². The fourth-order valence-electron chi connectivity index (χ4n) is 2.48. The largest absolute Gasteiger partial charge is 0.418 e. The van der Waals surface area contributed by atoms with E-state index < -0.39 is 17.9 Å². The molecule has 1 aliphatic rings. The highest BCUT2D eigenvalue weighted by Gasteiger charge is 2.39. The van der Waals surface area contributed by atoms with E-state index in [2.05, 4.69) is 6.58 Å². The molecule has 114 valence electrons. The van der Waals surface area contributed by atoms with Gasteiger partial charge in [-0.1, -0.05) is 42.6 Å². The van der Waals surface area contributed by atoms with Crippen LogP contribution in [0.25, 0.3) is 0 Å². The first-order valence-corrected chi connectivity index (χ1v) is 7.39. The highest BCUT2D eigenvalue weighted by atomic mass is 32.2. The molecule has 0 spiro atoms. The Kier molecular flexibility index (Phi) is 3.66. The first-order valence-electron chi connectivity index (χ1n) is 6.58. The van der Waals surface area contributed by atoms with Gasteiger partial charge in [-0.3, -0.25) is 0 Å². The molecule has 22 heavy (non-hydrogen) atoms. The summed E-state index contributed by atoms with van der Waals surface area (Å²) in [6, 6.07) is 11.4. The van der Waals surface area contributed by atoms with Crippen molar-refractivity contribution in [3.05, 3.63) is 60.7 Å². The maximum absolute atomic E-state index is 13.4. The number of rotatable bonds is 2. The van der Waals surface area contributed by atoms with E-state index in [1.165, 1.54) is 28.8 Å². The zero-order valence-corrected chi connectivity index (χ0v) is 12.3. The lowest BCUT2D eigenvalue weighted by molar-refractivity contribution is -0.137. The highest BCUT2D eigenvalue weighted by Crippen LogP contribution is 2.52. The molecule has 2 nitrogen and oxygen atoms in total. The molecule has 1 atom stereocenters. The van der Waals surface area contributed by atoms with Crippen LogP contribution in [0.2, 0.25) is 0 Å². The van der Waals surface area contributed by atoms with Gasteiger partial charge in [0.1, 0.15) is 6.17 Å². The Balaban J connectivity index is 2.28. The molecule has 2 N–H and O–H groups in total. The summed E-state index contributed by atoms with van der Waals surface area (Å²) >= 11 is 1.31. The first-order chi connectivity index (χ1) is 10.4. The lowest BCUT2D eigenvalue weighted by Gasteiger charge is -2.37. The van der Waals surface area contributed by atoms with E-state index in [0.717, 1.165) is 11.0 Å². The van der Waals surface area contributed by atoms with Gasteiger partial charge >= 0.3 is 6.18 Å². The van der Waals surface area contributed by atoms with Gasteiger partial charge in [0.05, 0.1) is 16.9 Å². The van der Waals surface area contributed by atoms with E-state index in [1.807, 2.05) is 12.1 Å². The minimum Gasteiger partial charge on any atom is -0.319 e. The van der Waals surface area contributed by atoms with Gasteiger partial charge in [0.2, 0.25) is 0 Å². The molecule has 0 fully saturated rings. The molecule has 0 amide bonds. The van der Waals surface area contributed by atoms with Crippen molar-refractivity contribution >= 4 is 23.1 Å². The quantitative estimate of drug-likeness (QED) is 0.807. The zero-order chi connectivity index (χ0) is 15.9. The third-order valence-corrected chi connectivity index (χ3v) is 4.54. The lowest BCUT2D eigenvalue weighted by Crippen LogP contribution is -2.39. The Bertz CT molecular complexity index is 728. The minimum atomic E-state index is -4.45. The van der Waals surface area contributed by atoms with Crippen LogP contribution in [-0.4, -0.2) is 6.17 Å². The number of para-hydroxylation sites is 2. The molecule has 0 saturated heterocycles. The molecule has 1 unspecified atom stereocenters. The monoisotopic (exact) mass is 322 g/mol. The van der Waals surface area contributed by atoms with Crippen LogP contribution in [0, 0.1) is 0 Å². The molecule has 0 saturated carbocycles. The Hall–Kier alpha value is -1.92. The first kappa shape index (κ1) is 15.0. The molecule has 2 aromatic rings. The number of fused-ring (bicyclic) bond motifs is 2. The molecule has 0 aliphatic carbocycles. The van der Waals surface area contributed by atoms with Crippen LogP contribution >= 0.6 is 11.8 Å². The molecule has 2 aromatic carbocycles. The van der Waals surface area contributed by atoms with Gasteiger partial charge < -0.3 is 10.6 Å². The second-order valence-electron chi connectivity index (χ2n) is 4.82. The summed E-state index contributed by atoms with van der Waals surface area (Å²) in [5.74, 6) is 0. The standard InChI is InChI=1S/C16H13F3N2S/c1-2-14(20)21-11-7-3-4-8-12(11)22-13-9-5-6-10(15(13)21)16(17,18)19/h2-9,14H,1,20H2. The van der Waals surface area contributed by atoms with Crippen molar-refractivity contribution in [1.82, 2.24) is 0 Å². The van der Waals surface area contributed by atoms with E-state index in [-0.39, 0.29) is 5.69 Å². The van der Waals surface area contributed by atoms with E-state index >= 15 is 0 Å². The number of benzene rings is 2. The van der Waals surface area contributed by atoms with Crippen LogP contribution in [-0.2, 0) is 6.18 Å². The zero-order valence-electron chi connectivity index (χ0n) is 11.5. The molecule has 3 rings (SSSR count). The van der Waals surface area contributed by atoms with Crippen LogP contribution < -0.4 is 10.6 Å². The predicted molar refractivity (Wildman–Crippen MR) is 82.3 cm³/mol. The normalized spacial score (nSPS) is 15.0. The van der Waals surface area contributed by atoms with E-state index in [0.29, 0.717) is 10.6 Å². The topological polar surface area (TPSA) is 29.3 Å². The third-order valence-electron chi connectivity index (χ3n) is 3.43. The SMILES string of the molecule is C=CC(N)N1c2ccccc2Sc2cccc(C(F)(F)F)c21. The van der Waals surface area contributed by atoms with Crippen LogP contribution in [0.15, 0.2) is 64.9 Å². The van der Waals surface area contributed by atoms with Crippen molar-refractivity contribution in [2.24, 2.45) is 5.73 Å². The molecule has 0 bridgehead atoms. The van der Waals surface area contributed by atoms with Crippen LogP contribution in [0.3, 0.4) is 0 Å². The Morgan fingerprint density at radius 3 is 2.45 bits per heavy atom. The van der Waals surface area contributed by atoms with Gasteiger partial charge in [-0.15, -0.1) is 0 Å². The van der Waals surface area contributed by atoms with E-state index in [9.17, 15) is 13.2 Å². The number of nitrogens with zero attached hydrogens (tertiary/aromatic N) is 1. The van der Waals surface area contributed by atoms with Crippen molar-refractivity contribution in [2.75, 3.05) is 4.90 Å². The molecule has 1 aliphatic heterocycles. The van der Waals surface area contributed by atoms with Crippen LogP contribution in [0.5, 0.6) is 0 Å². The Morgan fingerprint density at radius 1 is 1.09 bits per heavy atom. The molecular weight excluding hydrogens is 309 g/mol. The summed E-state index contributed by atoms with van der Waals surface area (Å²) in [4.78, 5) is 2.90. The number of hydrogen-bond donors (Lipinski definition) is 1. The number of hydrogen-bond acceptors (Lipinski definition) is 3. The number of nitrogens with two attached hydrogens (primary N) is 1. The summed E-state index contributed by atoms with van der Waals surface area (Å²) in [7, 11) is 0. The Labute approximate surface area is 130 Å². The predicted octanol–water partition coefficient (Wildman–Crippen LogP) is 4.78. The van der Waals surface area contributed by atoms with E-state index in [1.54, 1.807) is 18.2 Å². The average molecular weight is 322 g/mol. The van der Waals surface area contributed by atoms with Crippen molar-refractivity contribution in [2.45, 2.75) is 22.1 Å². The fraction of sp³-hybridized carbons (Fsp3) is 0.125. The van der Waals surface area contributed by atoms with Crippen molar-refractivity contribution < 1.29 is 13.2 Å². The number of alkyl halides is 3. The fourth-order valence-corrected chi connectivity index (χ4v) is 3.58. The molecule has 0 aromatic heterocycles. The maximum atomic E-state index is 13.4. The second-order valence-corrected chi connectivity index (χ2v) is 5.90. The lowest BCUT2D eigenvalue weighted by atomic mass is 10.1. The van der Waals surface area contributed by atoms with Crippen molar-refractivity contribution in [3.8, 4) is 0 Å².